The van der Waals surface area contributed by atoms with Crippen molar-refractivity contribution in [3.63, 3.8) is 0 Å². The third-order valence-corrected chi connectivity index (χ3v) is 4.72. The summed E-state index contributed by atoms with van der Waals surface area (Å²) in [5.74, 6) is 0. The quantitative estimate of drug-likeness (QED) is 0.632. The molecule has 0 aliphatic carbocycles. The van der Waals surface area contributed by atoms with E-state index in [2.05, 4.69) is 66.7 Å². The lowest BCUT2D eigenvalue weighted by Crippen LogP contribution is -2.25. The number of aryl methyl sites for hydroxylation is 1. The Bertz CT molecular complexity index is 396. The van der Waals surface area contributed by atoms with Crippen LogP contribution in [0, 0.1) is 0 Å². The van der Waals surface area contributed by atoms with E-state index in [0.717, 1.165) is 6.42 Å². The van der Waals surface area contributed by atoms with Gasteiger partial charge in [0.15, 0.2) is 0 Å². The van der Waals surface area contributed by atoms with Crippen molar-refractivity contribution in [2.45, 2.75) is 78.6 Å². The summed E-state index contributed by atoms with van der Waals surface area (Å²) < 4.78 is 0. The van der Waals surface area contributed by atoms with Crippen LogP contribution in [0.3, 0.4) is 0 Å². The maximum atomic E-state index is 2.44. The molecule has 0 aromatic heterocycles. The number of rotatable bonds is 5. The van der Waals surface area contributed by atoms with Gasteiger partial charge in [-0.3, -0.25) is 0 Å². The first kappa shape index (κ1) is 15.3. The minimum absolute atomic E-state index is 0.271. The molecule has 0 radical (unpaired) electrons. The third-order valence-electron chi connectivity index (χ3n) is 4.72. The normalized spacial score (nSPS) is 12.8. The zero-order valence-corrected chi connectivity index (χ0v) is 13.4. The second-order valence-corrected chi connectivity index (χ2v) is 6.71. The van der Waals surface area contributed by atoms with Gasteiger partial charge in [0.2, 0.25) is 0 Å². The van der Waals surface area contributed by atoms with Crippen LogP contribution in [0.5, 0.6) is 0 Å². The average molecular weight is 246 g/mol. The second kappa shape index (κ2) is 5.47. The van der Waals surface area contributed by atoms with Crippen LogP contribution in [-0.2, 0) is 17.3 Å². The molecule has 18 heavy (non-hydrogen) atoms. The summed E-state index contributed by atoms with van der Waals surface area (Å²) in [6.07, 6.45) is 3.50. The van der Waals surface area contributed by atoms with Crippen LogP contribution >= 0.6 is 0 Å². The molecule has 0 fully saturated rings. The topological polar surface area (TPSA) is 0 Å². The third kappa shape index (κ3) is 2.96. The van der Waals surface area contributed by atoms with Crippen LogP contribution in [-0.4, -0.2) is 0 Å². The fourth-order valence-electron chi connectivity index (χ4n) is 2.34. The molecule has 0 heteroatoms. The Kier molecular flexibility index (Phi) is 4.64. The molecule has 0 unspecified atom stereocenters. The van der Waals surface area contributed by atoms with Crippen LogP contribution in [0.4, 0.5) is 0 Å². The summed E-state index contributed by atoms with van der Waals surface area (Å²) in [7, 11) is 0. The maximum absolute atomic E-state index is 2.44. The highest BCUT2D eigenvalue weighted by Gasteiger charge is 2.28. The highest BCUT2D eigenvalue weighted by Crippen LogP contribution is 2.38. The van der Waals surface area contributed by atoms with Crippen molar-refractivity contribution in [2.75, 3.05) is 0 Å². The molecule has 0 N–H and O–H groups in total. The van der Waals surface area contributed by atoms with Crippen molar-refractivity contribution in [3.8, 4) is 0 Å². The molecule has 0 atom stereocenters. The Balaban J connectivity index is 3.43. The van der Waals surface area contributed by atoms with Gasteiger partial charge < -0.3 is 0 Å². The van der Waals surface area contributed by atoms with Crippen molar-refractivity contribution in [2.24, 2.45) is 0 Å². The maximum Gasteiger partial charge on any atom is -0.0103 e. The molecule has 0 spiro atoms. The first-order chi connectivity index (χ1) is 8.28. The van der Waals surface area contributed by atoms with Gasteiger partial charge in [-0.15, -0.1) is 0 Å². The van der Waals surface area contributed by atoms with E-state index >= 15 is 0 Å². The summed E-state index contributed by atoms with van der Waals surface area (Å²) in [6, 6.07) is 7.12. The van der Waals surface area contributed by atoms with E-state index < -0.39 is 0 Å². The largest absolute Gasteiger partial charge is 0.0646 e. The summed E-state index contributed by atoms with van der Waals surface area (Å²) in [5.41, 5.74) is 5.09. The molecular weight excluding hydrogens is 216 g/mol. The van der Waals surface area contributed by atoms with Crippen LogP contribution in [0.25, 0.3) is 0 Å². The summed E-state index contributed by atoms with van der Waals surface area (Å²) in [6.45, 7) is 16.3. The van der Waals surface area contributed by atoms with Crippen LogP contribution < -0.4 is 0 Å². The van der Waals surface area contributed by atoms with Crippen molar-refractivity contribution in [3.05, 3.63) is 34.9 Å². The van der Waals surface area contributed by atoms with E-state index in [1.807, 2.05) is 0 Å². The molecule has 0 heterocycles. The first-order valence-electron chi connectivity index (χ1n) is 7.42. The molecule has 1 aromatic rings. The minimum atomic E-state index is 0.271. The second-order valence-electron chi connectivity index (χ2n) is 6.71. The predicted octanol–water partition coefficient (Wildman–Crippen LogP) is 5.62. The molecule has 0 aliphatic rings. The lowest BCUT2D eigenvalue weighted by atomic mass is 9.71. The molecule has 0 saturated heterocycles. The van der Waals surface area contributed by atoms with Gasteiger partial charge in [0.1, 0.15) is 0 Å². The molecule has 0 amide bonds. The zero-order chi connectivity index (χ0) is 14.0. The summed E-state index contributed by atoms with van der Waals surface area (Å²) in [5, 5.41) is 0. The predicted molar refractivity (Wildman–Crippen MR) is 82.5 cm³/mol. The van der Waals surface area contributed by atoms with Crippen LogP contribution in [0.2, 0.25) is 0 Å². The van der Waals surface area contributed by atoms with E-state index in [0.29, 0.717) is 0 Å². The van der Waals surface area contributed by atoms with Crippen LogP contribution in [0.15, 0.2) is 18.2 Å². The van der Waals surface area contributed by atoms with E-state index in [1.165, 1.54) is 24.0 Å². The van der Waals surface area contributed by atoms with Gasteiger partial charge in [-0.25, -0.2) is 0 Å². The van der Waals surface area contributed by atoms with Gasteiger partial charge in [-0.1, -0.05) is 66.7 Å². The fourth-order valence-corrected chi connectivity index (χ4v) is 2.34. The first-order valence-corrected chi connectivity index (χ1v) is 7.42. The molecule has 1 aromatic carbocycles. The van der Waals surface area contributed by atoms with Crippen LogP contribution in [0.1, 0.15) is 78.0 Å². The molecule has 0 saturated carbocycles. The molecular formula is C18H30. The van der Waals surface area contributed by atoms with E-state index in [9.17, 15) is 0 Å². The van der Waals surface area contributed by atoms with Gasteiger partial charge in [-0.2, -0.15) is 0 Å². The van der Waals surface area contributed by atoms with Crippen molar-refractivity contribution in [1.82, 2.24) is 0 Å². The van der Waals surface area contributed by atoms with Crippen molar-refractivity contribution in [1.29, 1.82) is 0 Å². The number of hydrogen-bond acceptors (Lipinski definition) is 0. The lowest BCUT2D eigenvalue weighted by Gasteiger charge is -2.34. The molecule has 1 rings (SSSR count). The smallest absolute Gasteiger partial charge is 0.0103 e. The fraction of sp³-hybridized carbons (Fsp3) is 0.667. The highest BCUT2D eigenvalue weighted by atomic mass is 14.3. The number of hydrogen-bond donors (Lipinski definition) is 0. The monoisotopic (exact) mass is 246 g/mol. The minimum Gasteiger partial charge on any atom is -0.0646 e. The highest BCUT2D eigenvalue weighted by molar-refractivity contribution is 5.41. The zero-order valence-electron chi connectivity index (χ0n) is 13.4. The average Bonchev–Trinajstić information content (AvgIpc) is 2.37. The SMILES string of the molecule is CCc1ccc(C(C)(C)CC)c(C(C)(C)CC)c1. The summed E-state index contributed by atoms with van der Waals surface area (Å²) in [4.78, 5) is 0. The Morgan fingerprint density at radius 3 is 1.72 bits per heavy atom. The van der Waals surface area contributed by atoms with E-state index in [1.54, 1.807) is 5.56 Å². The van der Waals surface area contributed by atoms with Crippen molar-refractivity contribution < 1.29 is 0 Å². The Labute approximate surface area is 114 Å². The summed E-state index contributed by atoms with van der Waals surface area (Å²) >= 11 is 0. The molecule has 0 bridgehead atoms. The standard InChI is InChI=1S/C18H30/c1-8-14-11-12-15(17(4,5)9-2)16(13-14)18(6,7)10-3/h11-13H,8-10H2,1-7H3. The van der Waals surface area contributed by atoms with Gasteiger partial charge in [-0.05, 0) is 46.8 Å². The van der Waals surface area contributed by atoms with Gasteiger partial charge >= 0.3 is 0 Å². The number of benzene rings is 1. The molecule has 0 nitrogen and oxygen atoms in total. The Morgan fingerprint density at radius 1 is 0.778 bits per heavy atom. The van der Waals surface area contributed by atoms with Gasteiger partial charge in [0, 0.05) is 0 Å². The Morgan fingerprint density at radius 2 is 1.28 bits per heavy atom. The van der Waals surface area contributed by atoms with Gasteiger partial charge in [0.05, 0.1) is 0 Å². The van der Waals surface area contributed by atoms with E-state index in [-0.39, 0.29) is 10.8 Å². The van der Waals surface area contributed by atoms with E-state index in [4.69, 9.17) is 0 Å². The Hall–Kier alpha value is -0.780. The van der Waals surface area contributed by atoms with Gasteiger partial charge in [0.25, 0.3) is 0 Å². The molecule has 102 valence electrons. The molecule has 0 aliphatic heterocycles. The lowest BCUT2D eigenvalue weighted by molar-refractivity contribution is 0.455. The van der Waals surface area contributed by atoms with Crippen molar-refractivity contribution >= 4 is 0 Å².